The number of nitrogen functional groups attached to an aromatic ring is 1. The van der Waals surface area contributed by atoms with Gasteiger partial charge in [0.25, 0.3) is 5.91 Å². The van der Waals surface area contributed by atoms with Crippen molar-refractivity contribution in [3.8, 4) is 0 Å². The summed E-state index contributed by atoms with van der Waals surface area (Å²) in [6.45, 7) is 0. The normalized spacial score (nSPS) is 17.9. The second-order valence-corrected chi connectivity index (χ2v) is 4.19. The van der Waals surface area contributed by atoms with E-state index in [1.807, 2.05) is 0 Å². The van der Waals surface area contributed by atoms with Crippen LogP contribution in [-0.4, -0.2) is 11.0 Å². The summed E-state index contributed by atoms with van der Waals surface area (Å²) in [5.74, 6) is -0.226. The van der Waals surface area contributed by atoms with Gasteiger partial charge in [-0.3, -0.25) is 9.69 Å². The number of fused-ring (bicyclic) bond motifs is 1. The minimum Gasteiger partial charge on any atom is -0.397 e. The number of para-hydroxylation sites is 2. The van der Waals surface area contributed by atoms with Crippen LogP contribution in [0.3, 0.4) is 0 Å². The van der Waals surface area contributed by atoms with E-state index in [1.165, 1.54) is 4.90 Å². The molecule has 0 spiro atoms. The zero-order chi connectivity index (χ0) is 12.7. The predicted molar refractivity (Wildman–Crippen MR) is 69.1 cm³/mol. The maximum absolute atomic E-state index is 12.3. The third-order valence-electron chi connectivity index (χ3n) is 3.13. The molecule has 0 saturated heterocycles. The van der Waals surface area contributed by atoms with Crippen molar-refractivity contribution >= 4 is 17.3 Å². The van der Waals surface area contributed by atoms with E-state index in [-0.39, 0.29) is 5.91 Å². The molecular formula is C14H12N2O2. The molecule has 1 aliphatic rings. The van der Waals surface area contributed by atoms with Crippen LogP contribution in [-0.2, 0) is 0 Å². The maximum atomic E-state index is 12.3. The van der Waals surface area contributed by atoms with Gasteiger partial charge in [-0.05, 0) is 18.2 Å². The second kappa shape index (κ2) is 3.85. The maximum Gasteiger partial charge on any atom is 0.261 e. The quantitative estimate of drug-likeness (QED) is 0.748. The first-order valence-electron chi connectivity index (χ1n) is 5.65. The van der Waals surface area contributed by atoms with Crippen molar-refractivity contribution in [3.63, 3.8) is 0 Å². The molecule has 0 aromatic heterocycles. The molecule has 0 bridgehead atoms. The number of carbonyl (C=O) groups excluding carboxylic acids is 1. The lowest BCUT2D eigenvalue weighted by molar-refractivity contribution is 0.0935. The van der Waals surface area contributed by atoms with E-state index >= 15 is 0 Å². The van der Waals surface area contributed by atoms with Crippen LogP contribution in [0.1, 0.15) is 22.1 Å². The smallest absolute Gasteiger partial charge is 0.261 e. The van der Waals surface area contributed by atoms with Crippen molar-refractivity contribution in [2.75, 3.05) is 10.6 Å². The van der Waals surface area contributed by atoms with Crippen molar-refractivity contribution in [1.82, 2.24) is 0 Å². The molecule has 3 N–H and O–H groups in total. The van der Waals surface area contributed by atoms with Crippen LogP contribution in [0.5, 0.6) is 0 Å². The molecule has 0 radical (unpaired) electrons. The molecule has 2 aromatic carbocycles. The Hall–Kier alpha value is -2.33. The highest BCUT2D eigenvalue weighted by molar-refractivity contribution is 6.11. The number of nitrogens with zero attached hydrogens (tertiary/aromatic N) is 1. The van der Waals surface area contributed by atoms with Gasteiger partial charge in [0.1, 0.15) is 0 Å². The van der Waals surface area contributed by atoms with Gasteiger partial charge in [0.15, 0.2) is 6.23 Å². The SMILES string of the molecule is Nc1ccccc1N1C(=O)c2ccccc2C1O. The number of aliphatic hydroxyl groups excluding tert-OH is 1. The standard InChI is InChI=1S/C14H12N2O2/c15-11-7-3-4-8-12(11)16-13(17)9-5-1-2-6-10(9)14(16)18/h1-8,13,17H,15H2. The number of hydrogen-bond donors (Lipinski definition) is 2. The van der Waals surface area contributed by atoms with Crippen molar-refractivity contribution < 1.29 is 9.90 Å². The summed E-state index contributed by atoms with van der Waals surface area (Å²) >= 11 is 0. The number of rotatable bonds is 1. The number of benzene rings is 2. The molecule has 18 heavy (non-hydrogen) atoms. The van der Waals surface area contributed by atoms with Gasteiger partial charge in [-0.25, -0.2) is 0 Å². The van der Waals surface area contributed by atoms with Crippen molar-refractivity contribution in [2.45, 2.75) is 6.23 Å². The molecule has 0 saturated carbocycles. The fourth-order valence-corrected chi connectivity index (χ4v) is 2.24. The summed E-state index contributed by atoms with van der Waals surface area (Å²) < 4.78 is 0. The summed E-state index contributed by atoms with van der Waals surface area (Å²) in [7, 11) is 0. The number of nitrogens with two attached hydrogens (primary N) is 1. The highest BCUT2D eigenvalue weighted by atomic mass is 16.3. The van der Waals surface area contributed by atoms with E-state index in [2.05, 4.69) is 0 Å². The molecule has 1 atom stereocenters. The second-order valence-electron chi connectivity index (χ2n) is 4.19. The Bertz CT molecular complexity index is 625. The van der Waals surface area contributed by atoms with Crippen LogP contribution >= 0.6 is 0 Å². The summed E-state index contributed by atoms with van der Waals surface area (Å²) in [4.78, 5) is 13.6. The van der Waals surface area contributed by atoms with Gasteiger partial charge in [0.05, 0.1) is 11.4 Å². The third kappa shape index (κ3) is 1.39. The van der Waals surface area contributed by atoms with E-state index in [1.54, 1.807) is 48.5 Å². The molecule has 0 aliphatic carbocycles. The van der Waals surface area contributed by atoms with Crippen LogP contribution in [0.4, 0.5) is 11.4 Å². The summed E-state index contributed by atoms with van der Waals surface area (Å²) in [6.07, 6.45) is -0.974. The minimum absolute atomic E-state index is 0.226. The number of hydrogen-bond acceptors (Lipinski definition) is 3. The summed E-state index contributed by atoms with van der Waals surface area (Å²) in [5, 5.41) is 10.2. The highest BCUT2D eigenvalue weighted by Gasteiger charge is 2.36. The Morgan fingerprint density at radius 2 is 1.72 bits per heavy atom. The Balaban J connectivity index is 2.13. The first-order chi connectivity index (χ1) is 8.70. The lowest BCUT2D eigenvalue weighted by Gasteiger charge is -2.22. The first kappa shape index (κ1) is 10.8. The average Bonchev–Trinajstić information content (AvgIpc) is 2.64. The van der Waals surface area contributed by atoms with Gasteiger partial charge in [-0.2, -0.15) is 0 Å². The molecule has 0 fully saturated rings. The van der Waals surface area contributed by atoms with E-state index in [0.717, 1.165) is 0 Å². The van der Waals surface area contributed by atoms with Gasteiger partial charge < -0.3 is 10.8 Å². The van der Waals surface area contributed by atoms with Crippen molar-refractivity contribution in [3.05, 3.63) is 59.7 Å². The van der Waals surface area contributed by atoms with Crippen LogP contribution in [0, 0.1) is 0 Å². The molecule has 2 aromatic rings. The highest BCUT2D eigenvalue weighted by Crippen LogP contribution is 2.37. The zero-order valence-electron chi connectivity index (χ0n) is 9.58. The van der Waals surface area contributed by atoms with Gasteiger partial charge in [0, 0.05) is 11.1 Å². The van der Waals surface area contributed by atoms with E-state index in [9.17, 15) is 9.90 Å². The Labute approximate surface area is 104 Å². The van der Waals surface area contributed by atoms with Gasteiger partial charge in [0.2, 0.25) is 0 Å². The molecule has 4 nitrogen and oxygen atoms in total. The predicted octanol–water partition coefficient (Wildman–Crippen LogP) is 1.92. The number of anilines is 2. The van der Waals surface area contributed by atoms with E-state index in [0.29, 0.717) is 22.5 Å². The van der Waals surface area contributed by atoms with Crippen molar-refractivity contribution in [2.24, 2.45) is 0 Å². The van der Waals surface area contributed by atoms with Crippen LogP contribution in [0.15, 0.2) is 48.5 Å². The largest absolute Gasteiger partial charge is 0.397 e. The summed E-state index contributed by atoms with van der Waals surface area (Å²) in [6, 6.07) is 14.0. The molecule has 1 aliphatic heterocycles. The Morgan fingerprint density at radius 1 is 1.06 bits per heavy atom. The third-order valence-corrected chi connectivity index (χ3v) is 3.13. The lowest BCUT2D eigenvalue weighted by atomic mass is 10.1. The summed E-state index contributed by atoms with van der Waals surface area (Å²) in [5.41, 5.74) is 8.00. The number of carbonyl (C=O) groups is 1. The fraction of sp³-hybridized carbons (Fsp3) is 0.0714. The number of aliphatic hydroxyl groups is 1. The molecular weight excluding hydrogens is 228 g/mol. The molecule has 1 unspecified atom stereocenters. The molecule has 90 valence electrons. The molecule has 1 amide bonds. The van der Waals surface area contributed by atoms with E-state index in [4.69, 9.17) is 5.73 Å². The average molecular weight is 240 g/mol. The first-order valence-corrected chi connectivity index (χ1v) is 5.65. The van der Waals surface area contributed by atoms with Gasteiger partial charge in [-0.15, -0.1) is 0 Å². The molecule has 4 heteroatoms. The Morgan fingerprint density at radius 3 is 2.44 bits per heavy atom. The van der Waals surface area contributed by atoms with Crippen LogP contribution in [0.25, 0.3) is 0 Å². The monoisotopic (exact) mass is 240 g/mol. The number of amides is 1. The van der Waals surface area contributed by atoms with Gasteiger partial charge in [-0.1, -0.05) is 30.3 Å². The molecule has 3 rings (SSSR count). The Kier molecular flexibility index (Phi) is 2.31. The van der Waals surface area contributed by atoms with Crippen LogP contribution < -0.4 is 10.6 Å². The molecule has 1 heterocycles. The topological polar surface area (TPSA) is 66.6 Å². The lowest BCUT2D eigenvalue weighted by Crippen LogP contribution is -2.28. The van der Waals surface area contributed by atoms with Gasteiger partial charge >= 0.3 is 0 Å². The van der Waals surface area contributed by atoms with E-state index < -0.39 is 6.23 Å². The fourth-order valence-electron chi connectivity index (χ4n) is 2.24. The minimum atomic E-state index is -0.974. The van der Waals surface area contributed by atoms with Crippen molar-refractivity contribution in [1.29, 1.82) is 0 Å². The zero-order valence-corrected chi connectivity index (χ0v) is 9.58. The van der Waals surface area contributed by atoms with Crippen LogP contribution in [0.2, 0.25) is 0 Å².